The number of nitrogens with one attached hydrogen (secondary N) is 2. The van der Waals surface area contributed by atoms with E-state index in [0.29, 0.717) is 6.42 Å². The summed E-state index contributed by atoms with van der Waals surface area (Å²) in [5.41, 5.74) is 0. The van der Waals surface area contributed by atoms with Gasteiger partial charge < -0.3 is 15.7 Å². The number of rotatable bonds is 25. The van der Waals surface area contributed by atoms with Crippen LogP contribution < -0.4 is 10.6 Å². The topological polar surface area (TPSA) is 78.4 Å². The zero-order chi connectivity index (χ0) is 22.8. The molecule has 0 rings (SSSR count). The molecule has 0 aliphatic heterocycles. The van der Waals surface area contributed by atoms with Gasteiger partial charge in [-0.05, 0) is 25.9 Å². The molecular formula is C26H52N2O3. The van der Waals surface area contributed by atoms with Gasteiger partial charge in [-0.1, -0.05) is 116 Å². The highest BCUT2D eigenvalue weighted by Gasteiger charge is 2.03. The van der Waals surface area contributed by atoms with E-state index in [9.17, 15) is 9.59 Å². The quantitative estimate of drug-likeness (QED) is 0.140. The summed E-state index contributed by atoms with van der Waals surface area (Å²) in [6.45, 7) is 3.82. The van der Waals surface area contributed by atoms with E-state index in [2.05, 4.69) is 17.6 Å². The van der Waals surface area contributed by atoms with Crippen LogP contribution >= 0.6 is 0 Å². The van der Waals surface area contributed by atoms with Crippen molar-refractivity contribution in [2.24, 2.45) is 0 Å². The fourth-order valence-corrected chi connectivity index (χ4v) is 3.91. The molecule has 0 radical (unpaired) electrons. The minimum atomic E-state index is -0.999. The molecule has 0 saturated carbocycles. The maximum absolute atomic E-state index is 11.4. The van der Waals surface area contributed by atoms with Crippen LogP contribution in [0.3, 0.4) is 0 Å². The van der Waals surface area contributed by atoms with E-state index in [-0.39, 0.29) is 12.5 Å². The highest BCUT2D eigenvalue weighted by atomic mass is 16.4. The van der Waals surface area contributed by atoms with Crippen molar-refractivity contribution in [3.05, 3.63) is 0 Å². The Balaban J connectivity index is 3.08. The molecule has 0 aromatic carbocycles. The van der Waals surface area contributed by atoms with E-state index in [1.54, 1.807) is 0 Å². The summed E-state index contributed by atoms with van der Waals surface area (Å²) in [6.07, 6.45) is 26.3. The van der Waals surface area contributed by atoms with Gasteiger partial charge in [0.1, 0.15) is 6.54 Å². The Morgan fingerprint density at radius 1 is 0.581 bits per heavy atom. The number of carboxylic acid groups (broad SMARTS) is 1. The maximum atomic E-state index is 11.4. The van der Waals surface area contributed by atoms with Crippen LogP contribution in [0.15, 0.2) is 0 Å². The number of hydrogen-bond donors (Lipinski definition) is 3. The van der Waals surface area contributed by atoms with Gasteiger partial charge in [-0.15, -0.1) is 0 Å². The van der Waals surface area contributed by atoms with Gasteiger partial charge in [-0.25, -0.2) is 0 Å². The molecule has 0 heterocycles. The normalized spacial score (nSPS) is 11.0. The lowest BCUT2D eigenvalue weighted by Gasteiger charge is -2.06. The van der Waals surface area contributed by atoms with Gasteiger partial charge in [0.05, 0.1) is 0 Å². The van der Waals surface area contributed by atoms with Crippen molar-refractivity contribution in [2.75, 3.05) is 19.6 Å². The largest absolute Gasteiger partial charge is 0.480 e. The van der Waals surface area contributed by atoms with Crippen LogP contribution in [0.4, 0.5) is 0 Å². The Morgan fingerprint density at radius 3 is 1.39 bits per heavy atom. The number of unbranched alkanes of at least 4 members (excludes halogenated alkanes) is 17. The average Bonchev–Trinajstić information content (AvgIpc) is 2.75. The molecule has 0 bridgehead atoms. The van der Waals surface area contributed by atoms with Gasteiger partial charge >= 0.3 is 5.97 Å². The predicted octanol–water partition coefficient (Wildman–Crippen LogP) is 6.60. The monoisotopic (exact) mass is 440 g/mol. The highest BCUT2D eigenvalue weighted by molar-refractivity contribution is 5.80. The summed E-state index contributed by atoms with van der Waals surface area (Å²) in [5, 5.41) is 14.2. The summed E-state index contributed by atoms with van der Waals surface area (Å²) in [6, 6.07) is 0. The van der Waals surface area contributed by atoms with Crippen molar-refractivity contribution in [3.8, 4) is 0 Å². The van der Waals surface area contributed by atoms with E-state index < -0.39 is 5.97 Å². The Bertz CT molecular complexity index is 402. The SMILES string of the molecule is CCCCCCCCCCCCCCCCCCCCNCCCC(=O)NCC(=O)O. The first-order valence-corrected chi connectivity index (χ1v) is 13.4. The molecule has 0 spiro atoms. The number of carbonyl (C=O) groups is 2. The second-order valence-electron chi connectivity index (χ2n) is 9.03. The molecule has 0 saturated heterocycles. The van der Waals surface area contributed by atoms with E-state index >= 15 is 0 Å². The van der Waals surface area contributed by atoms with Crippen molar-refractivity contribution in [2.45, 2.75) is 135 Å². The Kier molecular flexibility index (Phi) is 24.3. The lowest BCUT2D eigenvalue weighted by Crippen LogP contribution is -2.29. The van der Waals surface area contributed by atoms with E-state index in [1.807, 2.05) is 0 Å². The fourth-order valence-electron chi connectivity index (χ4n) is 3.91. The number of carbonyl (C=O) groups excluding carboxylic acids is 1. The highest BCUT2D eigenvalue weighted by Crippen LogP contribution is 2.14. The van der Waals surface area contributed by atoms with E-state index in [4.69, 9.17) is 5.11 Å². The summed E-state index contributed by atoms with van der Waals surface area (Å²) in [5.74, 6) is -1.18. The molecule has 0 atom stereocenters. The Morgan fingerprint density at radius 2 is 0.968 bits per heavy atom. The standard InChI is InChI=1S/C26H52N2O3/c1-2-3-4-5-6-7-8-9-10-11-12-13-14-15-16-17-18-19-22-27-23-20-21-25(29)28-24-26(30)31/h27H,2-24H2,1H3,(H,28,29)(H,30,31). The molecule has 0 aliphatic carbocycles. The second-order valence-corrected chi connectivity index (χ2v) is 9.03. The Hall–Kier alpha value is -1.10. The van der Waals surface area contributed by atoms with Crippen LogP contribution in [-0.4, -0.2) is 36.6 Å². The Labute approximate surface area is 192 Å². The number of aliphatic carboxylic acids is 1. The molecule has 184 valence electrons. The summed E-state index contributed by atoms with van der Waals surface area (Å²) < 4.78 is 0. The van der Waals surface area contributed by atoms with Gasteiger partial charge in [0.25, 0.3) is 0 Å². The predicted molar refractivity (Wildman–Crippen MR) is 132 cm³/mol. The number of carboxylic acids is 1. The van der Waals surface area contributed by atoms with Crippen molar-refractivity contribution >= 4 is 11.9 Å². The first-order chi connectivity index (χ1) is 15.2. The van der Waals surface area contributed by atoms with Crippen LogP contribution in [0, 0.1) is 0 Å². The first kappa shape index (κ1) is 29.9. The number of hydrogen-bond acceptors (Lipinski definition) is 3. The summed E-state index contributed by atoms with van der Waals surface area (Å²) in [7, 11) is 0. The summed E-state index contributed by atoms with van der Waals surface area (Å²) in [4.78, 5) is 21.7. The smallest absolute Gasteiger partial charge is 0.322 e. The third kappa shape index (κ3) is 26.9. The number of amides is 1. The van der Waals surface area contributed by atoms with Crippen molar-refractivity contribution < 1.29 is 14.7 Å². The molecule has 0 aliphatic rings. The molecule has 3 N–H and O–H groups in total. The molecular weight excluding hydrogens is 388 g/mol. The minimum Gasteiger partial charge on any atom is -0.480 e. The molecule has 5 nitrogen and oxygen atoms in total. The molecule has 5 heteroatoms. The van der Waals surface area contributed by atoms with Crippen LogP contribution in [0.25, 0.3) is 0 Å². The van der Waals surface area contributed by atoms with Crippen LogP contribution in [0.1, 0.15) is 135 Å². The van der Waals surface area contributed by atoms with Crippen molar-refractivity contribution in [1.29, 1.82) is 0 Å². The zero-order valence-electron chi connectivity index (χ0n) is 20.5. The maximum Gasteiger partial charge on any atom is 0.322 e. The molecule has 0 fully saturated rings. The van der Waals surface area contributed by atoms with Gasteiger partial charge in [-0.2, -0.15) is 0 Å². The van der Waals surface area contributed by atoms with Crippen molar-refractivity contribution in [3.63, 3.8) is 0 Å². The van der Waals surface area contributed by atoms with Gasteiger partial charge in [0.15, 0.2) is 0 Å². The fraction of sp³-hybridized carbons (Fsp3) is 0.923. The first-order valence-electron chi connectivity index (χ1n) is 13.4. The van der Waals surface area contributed by atoms with Crippen LogP contribution in [0.5, 0.6) is 0 Å². The lowest BCUT2D eigenvalue weighted by molar-refractivity contribution is -0.137. The molecule has 1 amide bonds. The zero-order valence-corrected chi connectivity index (χ0v) is 20.5. The second kappa shape index (κ2) is 25.2. The third-order valence-electron chi connectivity index (χ3n) is 5.90. The minimum absolute atomic E-state index is 0.183. The third-order valence-corrected chi connectivity index (χ3v) is 5.90. The van der Waals surface area contributed by atoms with E-state index in [1.165, 1.54) is 116 Å². The molecule has 0 aromatic rings. The molecule has 0 unspecified atom stereocenters. The van der Waals surface area contributed by atoms with Crippen LogP contribution in [-0.2, 0) is 9.59 Å². The van der Waals surface area contributed by atoms with E-state index in [0.717, 1.165) is 19.5 Å². The summed E-state index contributed by atoms with van der Waals surface area (Å²) >= 11 is 0. The van der Waals surface area contributed by atoms with Crippen LogP contribution in [0.2, 0.25) is 0 Å². The van der Waals surface area contributed by atoms with Crippen molar-refractivity contribution in [1.82, 2.24) is 10.6 Å². The van der Waals surface area contributed by atoms with Gasteiger partial charge in [0, 0.05) is 6.42 Å². The van der Waals surface area contributed by atoms with Gasteiger partial charge in [-0.3, -0.25) is 9.59 Å². The lowest BCUT2D eigenvalue weighted by atomic mass is 10.0. The average molecular weight is 441 g/mol. The molecule has 31 heavy (non-hydrogen) atoms. The van der Waals surface area contributed by atoms with Gasteiger partial charge in [0.2, 0.25) is 5.91 Å². The molecule has 0 aromatic heterocycles.